The highest BCUT2D eigenvalue weighted by Gasteiger charge is 2.50. The predicted octanol–water partition coefficient (Wildman–Crippen LogP) is 4.01. The Balaban J connectivity index is 1.40. The van der Waals surface area contributed by atoms with Crippen LogP contribution in [0.15, 0.2) is 84.2 Å². The summed E-state index contributed by atoms with van der Waals surface area (Å²) in [6.07, 6.45) is 0. The van der Waals surface area contributed by atoms with Crippen molar-refractivity contribution in [2.45, 2.75) is 12.5 Å². The lowest BCUT2D eigenvalue weighted by molar-refractivity contribution is -0.133. The number of urea groups is 1. The number of imide groups is 1. The Labute approximate surface area is 199 Å². The molecule has 0 saturated carbocycles. The standard InChI is InChI=1S/C25H21N5O3S/c1-25(20-13-8-14-34-20)23(32)29(24(33)27-25)16-22(31)26-21-15-19(17-9-4-2-5-10-17)28-30(21)18-11-6-3-7-12-18/h2-15H,16H2,1H3,(H,26,31)(H,27,33). The number of hydrogen-bond acceptors (Lipinski definition) is 5. The van der Waals surface area contributed by atoms with Crippen molar-refractivity contribution in [3.8, 4) is 16.9 Å². The fourth-order valence-electron chi connectivity index (χ4n) is 3.88. The third-order valence-corrected chi connectivity index (χ3v) is 6.73. The van der Waals surface area contributed by atoms with Crippen LogP contribution in [0.5, 0.6) is 0 Å². The SMILES string of the molecule is CC1(c2cccs2)NC(=O)N(CC(=O)Nc2cc(-c3ccccc3)nn2-c2ccccc2)C1=O. The van der Waals surface area contributed by atoms with E-state index < -0.39 is 29.9 Å². The van der Waals surface area contributed by atoms with Gasteiger partial charge in [-0.25, -0.2) is 9.48 Å². The Hall–Kier alpha value is -4.24. The van der Waals surface area contributed by atoms with Crippen molar-refractivity contribution in [1.82, 2.24) is 20.0 Å². The summed E-state index contributed by atoms with van der Waals surface area (Å²) in [7, 11) is 0. The molecule has 1 aliphatic rings. The lowest BCUT2D eigenvalue weighted by atomic mass is 10.0. The number of anilines is 1. The lowest BCUT2D eigenvalue weighted by Gasteiger charge is -2.20. The van der Waals surface area contributed by atoms with Crippen molar-refractivity contribution in [2.75, 3.05) is 11.9 Å². The van der Waals surface area contributed by atoms with Crippen LogP contribution in [0.1, 0.15) is 11.8 Å². The molecule has 2 aromatic carbocycles. The maximum absolute atomic E-state index is 13.1. The third kappa shape index (κ3) is 3.86. The van der Waals surface area contributed by atoms with Gasteiger partial charge in [0.1, 0.15) is 12.4 Å². The first kappa shape index (κ1) is 21.6. The summed E-state index contributed by atoms with van der Waals surface area (Å²) in [6, 6.07) is 23.8. The number of thiophene rings is 1. The molecule has 34 heavy (non-hydrogen) atoms. The van der Waals surface area contributed by atoms with Gasteiger partial charge in [-0.3, -0.25) is 14.5 Å². The highest BCUT2D eigenvalue weighted by Crippen LogP contribution is 2.32. The average Bonchev–Trinajstić information content (AvgIpc) is 3.58. The summed E-state index contributed by atoms with van der Waals surface area (Å²) in [5.41, 5.74) is 1.16. The van der Waals surface area contributed by atoms with Crippen LogP contribution in [0.3, 0.4) is 0 Å². The summed E-state index contributed by atoms with van der Waals surface area (Å²) < 4.78 is 1.63. The summed E-state index contributed by atoms with van der Waals surface area (Å²) >= 11 is 1.37. The van der Waals surface area contributed by atoms with Gasteiger partial charge in [0.2, 0.25) is 5.91 Å². The molecule has 8 nitrogen and oxygen atoms in total. The Morgan fingerprint density at radius 3 is 2.41 bits per heavy atom. The van der Waals surface area contributed by atoms with Crippen molar-refractivity contribution in [3.05, 3.63) is 89.1 Å². The van der Waals surface area contributed by atoms with Crippen LogP contribution in [0.4, 0.5) is 10.6 Å². The van der Waals surface area contributed by atoms with Crippen LogP contribution < -0.4 is 10.6 Å². The lowest BCUT2D eigenvalue weighted by Crippen LogP contribution is -2.41. The number of nitrogens with zero attached hydrogens (tertiary/aromatic N) is 3. The molecule has 0 bridgehead atoms. The van der Waals surface area contributed by atoms with Crippen LogP contribution in [0.25, 0.3) is 16.9 Å². The van der Waals surface area contributed by atoms with E-state index in [9.17, 15) is 14.4 Å². The zero-order chi connectivity index (χ0) is 23.7. The number of rotatable bonds is 6. The number of amides is 4. The third-order valence-electron chi connectivity index (χ3n) is 5.64. The van der Waals surface area contributed by atoms with E-state index in [0.717, 1.165) is 16.2 Å². The van der Waals surface area contributed by atoms with Gasteiger partial charge in [-0.1, -0.05) is 54.6 Å². The summed E-state index contributed by atoms with van der Waals surface area (Å²) in [6.45, 7) is 1.24. The van der Waals surface area contributed by atoms with E-state index in [1.807, 2.05) is 72.1 Å². The summed E-state index contributed by atoms with van der Waals surface area (Å²) in [5.74, 6) is -0.532. The second-order valence-corrected chi connectivity index (χ2v) is 8.95. The molecule has 1 aliphatic heterocycles. The van der Waals surface area contributed by atoms with Gasteiger partial charge in [-0.2, -0.15) is 5.10 Å². The van der Waals surface area contributed by atoms with E-state index in [1.54, 1.807) is 23.7 Å². The van der Waals surface area contributed by atoms with Gasteiger partial charge >= 0.3 is 6.03 Å². The molecule has 0 spiro atoms. The number of para-hydroxylation sites is 1. The first-order valence-corrected chi connectivity index (χ1v) is 11.5. The van der Waals surface area contributed by atoms with Gasteiger partial charge in [-0.15, -0.1) is 11.3 Å². The average molecular weight is 472 g/mol. The van der Waals surface area contributed by atoms with Crippen molar-refractivity contribution in [3.63, 3.8) is 0 Å². The van der Waals surface area contributed by atoms with E-state index in [1.165, 1.54) is 11.3 Å². The van der Waals surface area contributed by atoms with Crippen LogP contribution >= 0.6 is 11.3 Å². The number of carbonyl (C=O) groups excluding carboxylic acids is 3. The molecule has 1 fully saturated rings. The van der Waals surface area contributed by atoms with Crippen LogP contribution in [-0.2, 0) is 15.1 Å². The molecule has 2 aromatic heterocycles. The van der Waals surface area contributed by atoms with Crippen molar-refractivity contribution in [2.24, 2.45) is 0 Å². The smallest absolute Gasteiger partial charge is 0.319 e. The molecule has 4 amide bonds. The molecule has 1 atom stereocenters. The van der Waals surface area contributed by atoms with Crippen molar-refractivity contribution < 1.29 is 14.4 Å². The summed E-state index contributed by atoms with van der Waals surface area (Å²) in [4.78, 5) is 40.2. The topological polar surface area (TPSA) is 96.3 Å². The number of nitrogens with one attached hydrogen (secondary N) is 2. The molecule has 9 heteroatoms. The van der Waals surface area contributed by atoms with E-state index >= 15 is 0 Å². The maximum atomic E-state index is 13.1. The minimum Gasteiger partial charge on any atom is -0.319 e. The highest BCUT2D eigenvalue weighted by atomic mass is 32.1. The number of hydrogen-bond donors (Lipinski definition) is 2. The van der Waals surface area contributed by atoms with Crippen molar-refractivity contribution in [1.29, 1.82) is 0 Å². The quantitative estimate of drug-likeness (QED) is 0.416. The van der Waals surface area contributed by atoms with Gasteiger partial charge in [0.25, 0.3) is 5.91 Å². The molecule has 0 radical (unpaired) electrons. The number of aromatic nitrogens is 2. The van der Waals surface area contributed by atoms with Gasteiger partial charge in [0, 0.05) is 16.5 Å². The molecule has 2 N–H and O–H groups in total. The van der Waals surface area contributed by atoms with Gasteiger partial charge in [-0.05, 0) is 30.5 Å². The minimum atomic E-state index is -1.18. The minimum absolute atomic E-state index is 0.410. The van der Waals surface area contributed by atoms with Gasteiger partial charge in [0.15, 0.2) is 5.54 Å². The Morgan fingerprint density at radius 1 is 1.03 bits per heavy atom. The molecule has 4 aromatic rings. The number of benzene rings is 2. The number of carbonyl (C=O) groups is 3. The first-order chi connectivity index (χ1) is 16.5. The zero-order valence-corrected chi connectivity index (χ0v) is 19.1. The molecule has 5 rings (SSSR count). The molecule has 170 valence electrons. The predicted molar refractivity (Wildman–Crippen MR) is 130 cm³/mol. The fourth-order valence-corrected chi connectivity index (χ4v) is 4.72. The van der Waals surface area contributed by atoms with Crippen LogP contribution in [-0.4, -0.2) is 39.1 Å². The fraction of sp³-hybridized carbons (Fsp3) is 0.120. The Kier molecular flexibility index (Phi) is 5.46. The summed E-state index contributed by atoms with van der Waals surface area (Å²) in [5, 5.41) is 12.0. The van der Waals surface area contributed by atoms with Crippen molar-refractivity contribution >= 4 is 35.0 Å². The molecule has 3 heterocycles. The monoisotopic (exact) mass is 471 g/mol. The molecule has 0 aliphatic carbocycles. The van der Waals surface area contributed by atoms with E-state index in [-0.39, 0.29) is 0 Å². The molecular formula is C25H21N5O3S. The second-order valence-electron chi connectivity index (χ2n) is 8.00. The van der Waals surface area contributed by atoms with Gasteiger partial charge in [0.05, 0.1) is 11.4 Å². The first-order valence-electron chi connectivity index (χ1n) is 10.6. The molecule has 1 saturated heterocycles. The van der Waals surface area contributed by atoms with Gasteiger partial charge < -0.3 is 10.6 Å². The highest BCUT2D eigenvalue weighted by molar-refractivity contribution is 7.10. The van der Waals surface area contributed by atoms with E-state index in [2.05, 4.69) is 15.7 Å². The van der Waals surface area contributed by atoms with Crippen LogP contribution in [0, 0.1) is 0 Å². The maximum Gasteiger partial charge on any atom is 0.325 e. The Morgan fingerprint density at radius 2 is 1.74 bits per heavy atom. The molecular weight excluding hydrogens is 450 g/mol. The molecule has 1 unspecified atom stereocenters. The largest absolute Gasteiger partial charge is 0.325 e. The zero-order valence-electron chi connectivity index (χ0n) is 18.3. The normalized spacial score (nSPS) is 17.6. The second kappa shape index (κ2) is 8.60. The van der Waals surface area contributed by atoms with E-state index in [0.29, 0.717) is 16.4 Å². The van der Waals surface area contributed by atoms with Crippen LogP contribution in [0.2, 0.25) is 0 Å². The van der Waals surface area contributed by atoms with E-state index in [4.69, 9.17) is 0 Å². The Bertz CT molecular complexity index is 1350.